The van der Waals surface area contributed by atoms with Crippen molar-refractivity contribution in [1.29, 1.82) is 0 Å². The van der Waals surface area contributed by atoms with E-state index in [2.05, 4.69) is 0 Å². The van der Waals surface area contributed by atoms with Crippen LogP contribution in [0.1, 0.15) is 0 Å². The fourth-order valence-corrected chi connectivity index (χ4v) is 2.10. The average molecular weight is 214 g/mol. The van der Waals surface area contributed by atoms with Gasteiger partial charge in [0.15, 0.2) is 5.00 Å². The van der Waals surface area contributed by atoms with E-state index in [0.29, 0.717) is 11.5 Å². The molecule has 1 aromatic heterocycles. The number of ether oxygens (including phenoxy) is 1. The Labute approximate surface area is 82.8 Å². The number of carbonyl (C=O) groups excluding carboxylic acids is 1. The first-order chi connectivity index (χ1) is 6.70. The molecule has 1 aliphatic rings. The van der Waals surface area contributed by atoms with Crippen LogP contribution in [0.3, 0.4) is 0 Å². The van der Waals surface area contributed by atoms with Crippen molar-refractivity contribution in [3.8, 4) is 0 Å². The summed E-state index contributed by atoms with van der Waals surface area (Å²) >= 11 is 1.16. The number of hydrogen-bond acceptors (Lipinski definition) is 5. The van der Waals surface area contributed by atoms with Crippen molar-refractivity contribution in [1.82, 2.24) is 0 Å². The molecule has 0 N–H and O–H groups in total. The summed E-state index contributed by atoms with van der Waals surface area (Å²) < 4.78 is 4.70. The van der Waals surface area contributed by atoms with Crippen LogP contribution in [0.25, 0.3) is 0 Å². The Hall–Kier alpha value is -1.63. The maximum atomic E-state index is 11.1. The van der Waals surface area contributed by atoms with Gasteiger partial charge in [-0.1, -0.05) is 0 Å². The average Bonchev–Trinajstić information content (AvgIpc) is 2.70. The molecule has 1 fully saturated rings. The van der Waals surface area contributed by atoms with Gasteiger partial charge in [0.1, 0.15) is 6.61 Å². The highest BCUT2D eigenvalue weighted by Gasteiger charge is 2.30. The normalized spacial score (nSPS) is 15.7. The van der Waals surface area contributed by atoms with Gasteiger partial charge in [-0.2, -0.15) is 0 Å². The van der Waals surface area contributed by atoms with Gasteiger partial charge in [-0.05, 0) is 5.38 Å². The van der Waals surface area contributed by atoms with Crippen molar-refractivity contribution in [3.05, 3.63) is 21.6 Å². The number of amides is 1. The minimum atomic E-state index is -0.518. The monoisotopic (exact) mass is 214 g/mol. The lowest BCUT2D eigenvalue weighted by atomic mass is 10.5. The Bertz CT molecular complexity index is 389. The second-order valence-electron chi connectivity index (χ2n) is 2.63. The van der Waals surface area contributed by atoms with Crippen LogP contribution in [0, 0.1) is 10.1 Å². The maximum Gasteiger partial charge on any atom is 0.415 e. The zero-order valence-corrected chi connectivity index (χ0v) is 7.82. The molecular formula is C7H6N2O4S. The van der Waals surface area contributed by atoms with E-state index < -0.39 is 11.0 Å². The summed E-state index contributed by atoms with van der Waals surface area (Å²) in [6.45, 7) is 0.661. The molecule has 0 atom stereocenters. The van der Waals surface area contributed by atoms with Crippen molar-refractivity contribution >= 4 is 28.1 Å². The van der Waals surface area contributed by atoms with Gasteiger partial charge in [-0.15, -0.1) is 11.3 Å². The van der Waals surface area contributed by atoms with Crippen molar-refractivity contribution < 1.29 is 14.5 Å². The Balaban J connectivity index is 2.35. The molecule has 0 spiro atoms. The molecule has 1 aromatic rings. The summed E-state index contributed by atoms with van der Waals surface area (Å²) in [4.78, 5) is 22.5. The molecule has 2 heterocycles. The van der Waals surface area contributed by atoms with Crippen molar-refractivity contribution in [2.75, 3.05) is 18.1 Å². The van der Waals surface area contributed by atoms with Gasteiger partial charge in [0.25, 0.3) is 0 Å². The van der Waals surface area contributed by atoms with Crippen molar-refractivity contribution in [2.45, 2.75) is 0 Å². The first-order valence-corrected chi connectivity index (χ1v) is 4.74. The quantitative estimate of drug-likeness (QED) is 0.553. The molecule has 14 heavy (non-hydrogen) atoms. The fourth-order valence-electron chi connectivity index (χ4n) is 1.21. The van der Waals surface area contributed by atoms with Gasteiger partial charge in [-0.25, -0.2) is 4.79 Å². The number of thiophene rings is 1. The first kappa shape index (κ1) is 8.95. The van der Waals surface area contributed by atoms with Crippen LogP contribution in [0.15, 0.2) is 11.4 Å². The van der Waals surface area contributed by atoms with Crippen LogP contribution in [-0.2, 0) is 4.74 Å². The van der Waals surface area contributed by atoms with Gasteiger partial charge >= 0.3 is 11.8 Å². The van der Waals surface area contributed by atoms with Gasteiger partial charge in [0.2, 0.25) is 0 Å². The smallest absolute Gasteiger partial charge is 0.415 e. The lowest BCUT2D eigenvalue weighted by Crippen LogP contribution is -2.22. The standard InChI is InChI=1S/C7H6N2O4S/c10-7-8(2-3-13-7)6-5(9(11)12)1-4-14-6/h1,4H,2-3H2. The van der Waals surface area contributed by atoms with E-state index in [4.69, 9.17) is 4.74 Å². The minimum absolute atomic E-state index is 0.0474. The summed E-state index contributed by atoms with van der Waals surface area (Å²) in [5.74, 6) is 0. The zero-order chi connectivity index (χ0) is 10.1. The maximum absolute atomic E-state index is 11.1. The van der Waals surface area contributed by atoms with E-state index in [9.17, 15) is 14.9 Å². The van der Waals surface area contributed by atoms with Crippen LogP contribution in [0.5, 0.6) is 0 Å². The minimum Gasteiger partial charge on any atom is -0.447 e. The van der Waals surface area contributed by atoms with Gasteiger partial charge in [-0.3, -0.25) is 15.0 Å². The second kappa shape index (κ2) is 3.26. The highest BCUT2D eigenvalue weighted by atomic mass is 32.1. The Morgan fingerprint density at radius 3 is 3.00 bits per heavy atom. The van der Waals surface area contributed by atoms with E-state index in [1.807, 2.05) is 0 Å². The third-order valence-corrected chi connectivity index (χ3v) is 2.75. The molecule has 7 heteroatoms. The summed E-state index contributed by atoms with van der Waals surface area (Å²) in [7, 11) is 0. The van der Waals surface area contributed by atoms with E-state index in [-0.39, 0.29) is 12.3 Å². The highest BCUT2D eigenvalue weighted by molar-refractivity contribution is 7.15. The largest absolute Gasteiger partial charge is 0.447 e. The molecule has 1 aliphatic heterocycles. The summed E-state index contributed by atoms with van der Waals surface area (Å²) in [6, 6.07) is 1.38. The van der Waals surface area contributed by atoms with Crippen LogP contribution >= 0.6 is 11.3 Å². The first-order valence-electron chi connectivity index (χ1n) is 3.86. The SMILES string of the molecule is O=C1OCCN1c1sccc1[N+](=O)[O-]. The molecule has 2 rings (SSSR count). The van der Waals surface area contributed by atoms with Crippen LogP contribution in [-0.4, -0.2) is 24.2 Å². The molecule has 1 amide bonds. The number of cyclic esters (lactones) is 1. The number of hydrogen-bond donors (Lipinski definition) is 0. The van der Waals surface area contributed by atoms with E-state index in [1.165, 1.54) is 11.0 Å². The zero-order valence-electron chi connectivity index (χ0n) is 7.00. The lowest BCUT2D eigenvalue weighted by molar-refractivity contribution is -0.383. The van der Waals surface area contributed by atoms with E-state index in [0.717, 1.165) is 11.3 Å². The summed E-state index contributed by atoms with van der Waals surface area (Å²) in [6.07, 6.45) is -0.518. The molecule has 0 aliphatic carbocycles. The highest BCUT2D eigenvalue weighted by Crippen LogP contribution is 2.35. The second-order valence-corrected chi connectivity index (χ2v) is 3.53. The molecule has 0 saturated carbocycles. The van der Waals surface area contributed by atoms with Crippen LogP contribution in [0.4, 0.5) is 15.5 Å². The van der Waals surface area contributed by atoms with Crippen molar-refractivity contribution in [3.63, 3.8) is 0 Å². The van der Waals surface area contributed by atoms with Gasteiger partial charge in [0, 0.05) is 6.07 Å². The topological polar surface area (TPSA) is 72.7 Å². The molecule has 0 aromatic carbocycles. The Kier molecular flexibility index (Phi) is 2.08. The number of nitrogens with zero attached hydrogens (tertiary/aromatic N) is 2. The third kappa shape index (κ3) is 1.31. The number of anilines is 1. The van der Waals surface area contributed by atoms with E-state index in [1.54, 1.807) is 5.38 Å². The van der Waals surface area contributed by atoms with Crippen LogP contribution < -0.4 is 4.90 Å². The molecule has 1 saturated heterocycles. The van der Waals surface area contributed by atoms with Gasteiger partial charge in [0.05, 0.1) is 11.5 Å². The molecule has 0 bridgehead atoms. The Morgan fingerprint density at radius 1 is 1.64 bits per heavy atom. The molecule has 6 nitrogen and oxygen atoms in total. The summed E-state index contributed by atoms with van der Waals surface area (Å²) in [5, 5.41) is 12.5. The van der Waals surface area contributed by atoms with Crippen LogP contribution in [0.2, 0.25) is 0 Å². The number of carbonyl (C=O) groups is 1. The molecular weight excluding hydrogens is 208 g/mol. The predicted octanol–water partition coefficient (Wildman–Crippen LogP) is 1.61. The molecule has 0 unspecified atom stereocenters. The third-order valence-electron chi connectivity index (χ3n) is 1.83. The lowest BCUT2D eigenvalue weighted by Gasteiger charge is -2.08. The molecule has 0 radical (unpaired) electrons. The predicted molar refractivity (Wildman–Crippen MR) is 49.7 cm³/mol. The fraction of sp³-hybridized carbons (Fsp3) is 0.286. The number of nitro groups is 1. The summed E-state index contributed by atoms with van der Waals surface area (Å²) in [5.41, 5.74) is -0.0474. The number of rotatable bonds is 2. The Morgan fingerprint density at radius 2 is 2.43 bits per heavy atom. The van der Waals surface area contributed by atoms with E-state index >= 15 is 0 Å². The van der Waals surface area contributed by atoms with Crippen molar-refractivity contribution in [2.24, 2.45) is 0 Å². The molecule has 74 valence electrons. The van der Waals surface area contributed by atoms with Gasteiger partial charge < -0.3 is 4.74 Å².